The summed E-state index contributed by atoms with van der Waals surface area (Å²) >= 11 is 3.13. The Kier molecular flexibility index (Phi) is 3.17. The van der Waals surface area contributed by atoms with Crippen LogP contribution in [0.3, 0.4) is 0 Å². The monoisotopic (exact) mass is 276 g/mol. The molecule has 0 bridgehead atoms. The van der Waals surface area contributed by atoms with E-state index in [9.17, 15) is 8.42 Å². The summed E-state index contributed by atoms with van der Waals surface area (Å²) in [6, 6.07) is 6.45. The molecule has 4 nitrogen and oxygen atoms in total. The van der Waals surface area contributed by atoms with E-state index in [0.717, 1.165) is 5.41 Å². The van der Waals surface area contributed by atoms with Gasteiger partial charge in [0.05, 0.1) is 10.3 Å². The Morgan fingerprint density at radius 3 is 2.36 bits per heavy atom. The zero-order valence-corrected chi connectivity index (χ0v) is 9.55. The summed E-state index contributed by atoms with van der Waals surface area (Å²) in [6.45, 7) is 0. The Morgan fingerprint density at radius 2 is 1.86 bits per heavy atom. The van der Waals surface area contributed by atoms with E-state index >= 15 is 0 Å². The Bertz CT molecular complexity index is 464. The van der Waals surface area contributed by atoms with Crippen LogP contribution in [0.5, 0.6) is 0 Å². The maximum Gasteiger partial charge on any atom is 0.204 e. The first kappa shape index (κ1) is 11.1. The smallest absolute Gasteiger partial charge is 0.204 e. The van der Waals surface area contributed by atoms with Gasteiger partial charge in [-0.2, -0.15) is 0 Å². The van der Waals surface area contributed by atoms with Gasteiger partial charge in [0.15, 0.2) is 0 Å². The van der Waals surface area contributed by atoms with Crippen molar-refractivity contribution >= 4 is 25.8 Å². The highest BCUT2D eigenvalue weighted by atomic mass is 79.9. The van der Waals surface area contributed by atoms with Gasteiger partial charge in [0.1, 0.15) is 5.82 Å². The second-order valence-electron chi connectivity index (χ2n) is 2.59. The van der Waals surface area contributed by atoms with E-state index < -0.39 is 9.84 Å². The molecule has 0 aliphatic rings. The Hall–Kier alpha value is -1.01. The fourth-order valence-corrected chi connectivity index (χ4v) is 2.97. The summed E-state index contributed by atoms with van der Waals surface area (Å²) in [5, 5.41) is 0.826. The van der Waals surface area contributed by atoms with Crippen LogP contribution in [0.4, 0.5) is 0 Å². The summed E-state index contributed by atoms with van der Waals surface area (Å²) in [7, 11) is -3.55. The molecule has 0 radical (unpaired) electrons. The van der Waals surface area contributed by atoms with E-state index in [-0.39, 0.29) is 10.7 Å². The second-order valence-corrected chi connectivity index (χ2v) is 5.21. The van der Waals surface area contributed by atoms with Gasteiger partial charge in [-0.3, -0.25) is 0 Å². The van der Waals surface area contributed by atoms with Crippen molar-refractivity contribution in [3.8, 4) is 0 Å². The predicted octanol–water partition coefficient (Wildman–Crippen LogP) is 0.939. The molecule has 0 aromatic heterocycles. The quantitative estimate of drug-likeness (QED) is 0.842. The highest BCUT2D eigenvalue weighted by Crippen LogP contribution is 2.22. The molecular formula is C8H9BrN2O2S. The van der Waals surface area contributed by atoms with E-state index in [1.165, 1.54) is 6.07 Å². The highest BCUT2D eigenvalue weighted by molar-refractivity contribution is 9.10. The lowest BCUT2D eigenvalue weighted by Crippen LogP contribution is -2.11. The molecule has 0 atom stereocenters. The number of rotatable bonds is 2. The van der Waals surface area contributed by atoms with Crippen LogP contribution < -0.4 is 11.5 Å². The molecule has 1 rings (SSSR count). The van der Waals surface area contributed by atoms with Gasteiger partial charge in [0, 0.05) is 4.47 Å². The number of benzene rings is 1. The van der Waals surface area contributed by atoms with Gasteiger partial charge in [-0.1, -0.05) is 12.1 Å². The van der Waals surface area contributed by atoms with Crippen LogP contribution in [0.15, 0.2) is 44.9 Å². The zero-order chi connectivity index (χ0) is 10.8. The van der Waals surface area contributed by atoms with Gasteiger partial charge in [0.2, 0.25) is 9.84 Å². The SMILES string of the molecule is NC(N)=CS(=O)(=O)c1ccccc1Br. The first-order valence-electron chi connectivity index (χ1n) is 3.66. The van der Waals surface area contributed by atoms with Crippen molar-refractivity contribution in [3.63, 3.8) is 0 Å². The van der Waals surface area contributed by atoms with Crippen molar-refractivity contribution < 1.29 is 8.42 Å². The van der Waals surface area contributed by atoms with Gasteiger partial charge in [-0.05, 0) is 28.1 Å². The third-order valence-corrected chi connectivity index (χ3v) is 3.94. The van der Waals surface area contributed by atoms with Gasteiger partial charge in [0.25, 0.3) is 0 Å². The first-order chi connectivity index (χ1) is 6.43. The largest absolute Gasteiger partial charge is 0.385 e. The van der Waals surface area contributed by atoms with Crippen LogP contribution in [0.1, 0.15) is 0 Å². The van der Waals surface area contributed by atoms with E-state index in [2.05, 4.69) is 15.9 Å². The third kappa shape index (κ3) is 2.49. The molecule has 14 heavy (non-hydrogen) atoms. The third-order valence-electron chi connectivity index (χ3n) is 1.43. The Balaban J connectivity index is 3.32. The summed E-state index contributed by atoms with van der Waals surface area (Å²) in [6.07, 6.45) is 0. The molecule has 0 unspecified atom stereocenters. The zero-order valence-electron chi connectivity index (χ0n) is 7.14. The van der Waals surface area contributed by atoms with E-state index in [0.29, 0.717) is 4.47 Å². The van der Waals surface area contributed by atoms with Crippen molar-refractivity contribution in [2.24, 2.45) is 11.5 Å². The molecule has 1 aromatic rings. The molecule has 1 aromatic carbocycles. The van der Waals surface area contributed by atoms with Crippen molar-refractivity contribution in [2.45, 2.75) is 4.90 Å². The average Bonchev–Trinajstić information content (AvgIpc) is 2.02. The normalized spacial score (nSPS) is 10.9. The molecule has 0 fully saturated rings. The van der Waals surface area contributed by atoms with Gasteiger partial charge in [-0.25, -0.2) is 8.42 Å². The number of sulfone groups is 1. The predicted molar refractivity (Wildman–Crippen MR) is 57.8 cm³/mol. The molecule has 6 heteroatoms. The molecule has 0 aliphatic carbocycles. The summed E-state index contributed by atoms with van der Waals surface area (Å²) in [5.74, 6) is -0.235. The topological polar surface area (TPSA) is 86.2 Å². The lowest BCUT2D eigenvalue weighted by atomic mass is 10.4. The molecule has 0 saturated carbocycles. The van der Waals surface area contributed by atoms with Crippen LogP contribution in [0, 0.1) is 0 Å². The van der Waals surface area contributed by atoms with Crippen molar-refractivity contribution in [3.05, 3.63) is 40.0 Å². The maximum absolute atomic E-state index is 11.6. The Morgan fingerprint density at radius 1 is 1.29 bits per heavy atom. The van der Waals surface area contributed by atoms with Crippen LogP contribution in [0.25, 0.3) is 0 Å². The van der Waals surface area contributed by atoms with E-state index in [4.69, 9.17) is 11.5 Å². The van der Waals surface area contributed by atoms with Crippen LogP contribution in [-0.4, -0.2) is 8.42 Å². The summed E-state index contributed by atoms with van der Waals surface area (Å²) in [5.41, 5.74) is 10.2. The number of nitrogens with two attached hydrogens (primary N) is 2. The highest BCUT2D eigenvalue weighted by Gasteiger charge is 2.14. The summed E-state index contributed by atoms with van der Waals surface area (Å²) < 4.78 is 23.7. The molecule has 0 aliphatic heterocycles. The van der Waals surface area contributed by atoms with Gasteiger partial charge < -0.3 is 11.5 Å². The van der Waals surface area contributed by atoms with Crippen molar-refractivity contribution in [1.82, 2.24) is 0 Å². The van der Waals surface area contributed by atoms with Crippen molar-refractivity contribution in [2.75, 3.05) is 0 Å². The molecule has 76 valence electrons. The van der Waals surface area contributed by atoms with Crippen molar-refractivity contribution in [1.29, 1.82) is 0 Å². The Labute approximate surface area is 90.6 Å². The number of hydrogen-bond acceptors (Lipinski definition) is 4. The lowest BCUT2D eigenvalue weighted by molar-refractivity contribution is 0.604. The number of halogens is 1. The molecule has 0 spiro atoms. The van der Waals surface area contributed by atoms with Crippen LogP contribution in [0.2, 0.25) is 0 Å². The molecular weight excluding hydrogens is 268 g/mol. The minimum Gasteiger partial charge on any atom is -0.385 e. The first-order valence-corrected chi connectivity index (χ1v) is 5.99. The van der Waals surface area contributed by atoms with Gasteiger partial charge >= 0.3 is 0 Å². The fraction of sp³-hybridized carbons (Fsp3) is 0. The average molecular weight is 277 g/mol. The van der Waals surface area contributed by atoms with Crippen LogP contribution >= 0.6 is 15.9 Å². The van der Waals surface area contributed by atoms with Crippen LogP contribution in [-0.2, 0) is 9.84 Å². The molecule has 0 amide bonds. The minimum atomic E-state index is -3.55. The number of hydrogen-bond donors (Lipinski definition) is 2. The second kappa shape index (κ2) is 4.02. The molecule has 4 N–H and O–H groups in total. The standard InChI is InChI=1S/C8H9BrN2O2S/c9-6-3-1-2-4-7(6)14(12,13)5-8(10)11/h1-5H,10-11H2. The van der Waals surface area contributed by atoms with E-state index in [1.807, 2.05) is 0 Å². The summed E-state index contributed by atoms with van der Waals surface area (Å²) in [4.78, 5) is 0.147. The maximum atomic E-state index is 11.6. The van der Waals surface area contributed by atoms with E-state index in [1.54, 1.807) is 18.2 Å². The van der Waals surface area contributed by atoms with Gasteiger partial charge in [-0.15, -0.1) is 0 Å². The minimum absolute atomic E-state index is 0.147. The molecule has 0 saturated heterocycles. The fourth-order valence-electron chi connectivity index (χ4n) is 0.918. The molecule has 0 heterocycles. The lowest BCUT2D eigenvalue weighted by Gasteiger charge is -2.01.